The van der Waals surface area contributed by atoms with Crippen LogP contribution in [0.3, 0.4) is 0 Å². The minimum atomic E-state index is -3.66. The second kappa shape index (κ2) is 8.56. The zero-order chi connectivity index (χ0) is 21.0. The highest BCUT2D eigenvalue weighted by molar-refractivity contribution is 7.90. The Labute approximate surface area is 166 Å². The third-order valence-corrected chi connectivity index (χ3v) is 5.62. The fourth-order valence-electron chi connectivity index (χ4n) is 2.80. The van der Waals surface area contributed by atoms with Gasteiger partial charge in [0, 0.05) is 12.1 Å². The first kappa shape index (κ1) is 20.7. The van der Waals surface area contributed by atoms with Gasteiger partial charge in [0.15, 0.2) is 0 Å². The molecule has 0 fully saturated rings. The van der Waals surface area contributed by atoms with Gasteiger partial charge in [-0.3, -0.25) is 14.5 Å². The summed E-state index contributed by atoms with van der Waals surface area (Å²) in [5, 5.41) is 2.72. The monoisotopic (exact) mass is 423 g/mol. The zero-order valence-corrected chi connectivity index (χ0v) is 16.2. The molecular weight excluding hydrogens is 404 g/mol. The summed E-state index contributed by atoms with van der Waals surface area (Å²) in [4.78, 5) is 16.6. The molecule has 2 aromatic carbocycles. The Balaban J connectivity index is 1.56. The maximum atomic E-state index is 12.3. The lowest BCUT2D eigenvalue weighted by Crippen LogP contribution is -2.35. The van der Waals surface area contributed by atoms with Crippen molar-refractivity contribution in [1.29, 1.82) is 0 Å². The number of hydrogen-bond acceptors (Lipinski definition) is 5. The molecule has 7 nitrogen and oxygen atoms in total. The van der Waals surface area contributed by atoms with Crippen molar-refractivity contribution in [3.63, 3.8) is 0 Å². The van der Waals surface area contributed by atoms with Gasteiger partial charge in [0.1, 0.15) is 17.6 Å². The Kier molecular flexibility index (Phi) is 6.12. The Bertz CT molecular complexity index is 1020. The smallest absolute Gasteiger partial charge is 0.387 e. The minimum absolute atomic E-state index is 0.0662. The SMILES string of the molecule is C[C@H](N=C1NS(=O)(=O)c2ccccc21)C(=O)NCCc1ccc(OC(F)F)cc1. The van der Waals surface area contributed by atoms with Crippen molar-refractivity contribution in [3.05, 3.63) is 59.7 Å². The first-order chi connectivity index (χ1) is 13.8. The Morgan fingerprint density at radius 1 is 1.17 bits per heavy atom. The summed E-state index contributed by atoms with van der Waals surface area (Å²) in [6.07, 6.45) is 0.486. The number of hydrogen-bond donors (Lipinski definition) is 2. The van der Waals surface area contributed by atoms with E-state index in [4.69, 9.17) is 0 Å². The molecule has 2 aromatic rings. The molecule has 2 N–H and O–H groups in total. The van der Waals surface area contributed by atoms with Crippen molar-refractivity contribution in [3.8, 4) is 5.75 Å². The van der Waals surface area contributed by atoms with Crippen molar-refractivity contribution in [2.45, 2.75) is 30.9 Å². The molecule has 0 spiro atoms. The van der Waals surface area contributed by atoms with Crippen LogP contribution in [-0.4, -0.2) is 39.4 Å². The van der Waals surface area contributed by atoms with Gasteiger partial charge >= 0.3 is 6.61 Å². The number of fused-ring (bicyclic) bond motifs is 1. The summed E-state index contributed by atoms with van der Waals surface area (Å²) in [6, 6.07) is 11.7. The van der Waals surface area contributed by atoms with Crippen molar-refractivity contribution in [2.24, 2.45) is 4.99 Å². The number of halogens is 2. The van der Waals surface area contributed by atoms with Gasteiger partial charge in [-0.2, -0.15) is 8.78 Å². The fraction of sp³-hybridized carbons (Fsp3) is 0.263. The van der Waals surface area contributed by atoms with Crippen molar-refractivity contribution >= 4 is 21.8 Å². The van der Waals surface area contributed by atoms with Gasteiger partial charge in [-0.05, 0) is 43.2 Å². The quantitative estimate of drug-likeness (QED) is 0.713. The molecule has 3 rings (SSSR count). The molecule has 1 aliphatic heterocycles. The van der Waals surface area contributed by atoms with Crippen LogP contribution in [0, 0.1) is 0 Å². The van der Waals surface area contributed by atoms with Crippen LogP contribution in [-0.2, 0) is 21.2 Å². The first-order valence-electron chi connectivity index (χ1n) is 8.78. The highest BCUT2D eigenvalue weighted by Crippen LogP contribution is 2.22. The number of carbonyl (C=O) groups excluding carboxylic acids is 1. The van der Waals surface area contributed by atoms with Gasteiger partial charge in [0.25, 0.3) is 10.0 Å². The number of carbonyl (C=O) groups is 1. The van der Waals surface area contributed by atoms with E-state index in [1.807, 2.05) is 0 Å². The molecule has 0 saturated carbocycles. The third-order valence-electron chi connectivity index (χ3n) is 4.23. The number of nitrogens with zero attached hydrogens (tertiary/aromatic N) is 1. The van der Waals surface area contributed by atoms with Crippen molar-refractivity contribution in [2.75, 3.05) is 6.54 Å². The highest BCUT2D eigenvalue weighted by atomic mass is 32.2. The predicted molar refractivity (Wildman–Crippen MR) is 103 cm³/mol. The predicted octanol–water partition coefficient (Wildman–Crippen LogP) is 2.07. The number of amides is 1. The summed E-state index contributed by atoms with van der Waals surface area (Å²) in [7, 11) is -3.66. The normalized spacial score (nSPS) is 16.9. The van der Waals surface area contributed by atoms with Crippen LogP contribution in [0.15, 0.2) is 58.4 Å². The average molecular weight is 423 g/mol. The van der Waals surface area contributed by atoms with E-state index in [-0.39, 0.29) is 22.4 Å². The van der Waals surface area contributed by atoms with E-state index in [9.17, 15) is 22.0 Å². The lowest BCUT2D eigenvalue weighted by atomic mass is 10.1. The molecule has 1 amide bonds. The number of sulfonamides is 1. The first-order valence-corrected chi connectivity index (χ1v) is 10.3. The number of amidine groups is 1. The van der Waals surface area contributed by atoms with Gasteiger partial charge in [0.05, 0.1) is 4.90 Å². The van der Waals surface area contributed by atoms with Crippen LogP contribution in [0.4, 0.5) is 8.78 Å². The Hall–Kier alpha value is -3.01. The molecular formula is C19H19F2N3O4S. The third kappa shape index (κ3) is 5.08. The highest BCUT2D eigenvalue weighted by Gasteiger charge is 2.31. The topological polar surface area (TPSA) is 96.9 Å². The summed E-state index contributed by atoms with van der Waals surface area (Å²) in [5.74, 6) is -0.159. The number of rotatable bonds is 7. The summed E-state index contributed by atoms with van der Waals surface area (Å²) >= 11 is 0. The van der Waals surface area contributed by atoms with Gasteiger partial charge in [0.2, 0.25) is 5.91 Å². The largest absolute Gasteiger partial charge is 0.435 e. The second-order valence-electron chi connectivity index (χ2n) is 6.32. The summed E-state index contributed by atoms with van der Waals surface area (Å²) in [5.41, 5.74) is 1.27. The van der Waals surface area contributed by atoms with Crippen molar-refractivity contribution in [1.82, 2.24) is 10.0 Å². The van der Waals surface area contributed by atoms with Gasteiger partial charge in [-0.1, -0.05) is 24.3 Å². The summed E-state index contributed by atoms with van der Waals surface area (Å²) < 4.78 is 55.1. The Morgan fingerprint density at radius 2 is 1.86 bits per heavy atom. The number of alkyl halides is 2. The van der Waals surface area contributed by atoms with E-state index >= 15 is 0 Å². The lowest BCUT2D eigenvalue weighted by molar-refractivity contribution is -0.121. The molecule has 1 aliphatic rings. The molecule has 10 heteroatoms. The summed E-state index contributed by atoms with van der Waals surface area (Å²) in [6.45, 7) is -1.00. The number of ether oxygens (including phenoxy) is 1. The molecule has 0 aliphatic carbocycles. The van der Waals surface area contributed by atoms with Gasteiger partial charge in [-0.25, -0.2) is 8.42 Å². The molecule has 0 radical (unpaired) electrons. The zero-order valence-electron chi connectivity index (χ0n) is 15.4. The molecule has 1 atom stereocenters. The van der Waals surface area contributed by atoms with E-state index in [1.54, 1.807) is 37.3 Å². The molecule has 0 bridgehead atoms. The second-order valence-corrected chi connectivity index (χ2v) is 7.97. The number of benzene rings is 2. The minimum Gasteiger partial charge on any atom is -0.435 e. The fourth-order valence-corrected chi connectivity index (χ4v) is 4.04. The van der Waals surface area contributed by atoms with E-state index < -0.39 is 22.7 Å². The van der Waals surface area contributed by atoms with E-state index in [0.717, 1.165) is 5.56 Å². The molecule has 154 valence electrons. The van der Waals surface area contributed by atoms with Crippen LogP contribution in [0.5, 0.6) is 5.75 Å². The van der Waals surface area contributed by atoms with Crippen LogP contribution < -0.4 is 14.8 Å². The molecule has 1 heterocycles. The lowest BCUT2D eigenvalue weighted by Gasteiger charge is -2.10. The van der Waals surface area contributed by atoms with Gasteiger partial charge < -0.3 is 10.1 Å². The maximum absolute atomic E-state index is 12.3. The van der Waals surface area contributed by atoms with Crippen LogP contribution in [0.25, 0.3) is 0 Å². The molecule has 29 heavy (non-hydrogen) atoms. The van der Waals surface area contributed by atoms with Crippen LogP contribution in [0.1, 0.15) is 18.1 Å². The van der Waals surface area contributed by atoms with Crippen LogP contribution >= 0.6 is 0 Å². The average Bonchev–Trinajstić information content (AvgIpc) is 2.93. The Morgan fingerprint density at radius 3 is 2.55 bits per heavy atom. The maximum Gasteiger partial charge on any atom is 0.387 e. The van der Waals surface area contributed by atoms with E-state index in [2.05, 4.69) is 19.8 Å². The molecule has 0 unspecified atom stereocenters. The molecule has 0 saturated heterocycles. The van der Waals surface area contributed by atoms with E-state index in [0.29, 0.717) is 18.5 Å². The van der Waals surface area contributed by atoms with E-state index in [1.165, 1.54) is 18.2 Å². The van der Waals surface area contributed by atoms with Crippen molar-refractivity contribution < 1.29 is 26.7 Å². The van der Waals surface area contributed by atoms with Crippen LogP contribution in [0.2, 0.25) is 0 Å². The number of nitrogens with one attached hydrogen (secondary N) is 2. The van der Waals surface area contributed by atoms with Gasteiger partial charge in [-0.15, -0.1) is 0 Å². The standard InChI is InChI=1S/C19H19F2N3O4S/c1-12(23-17-15-4-2-3-5-16(15)29(26,27)24-17)18(25)22-11-10-13-6-8-14(9-7-13)28-19(20)21/h2-9,12,19H,10-11H2,1H3,(H,22,25)(H,23,24)/t12-/m0/s1. The number of aliphatic imine (C=N–C) groups is 1. The molecule has 0 aromatic heterocycles.